The molecule has 2 amide bonds. The topological polar surface area (TPSA) is 86.8 Å². The van der Waals surface area contributed by atoms with Crippen molar-refractivity contribution >= 4 is 39.1 Å². The van der Waals surface area contributed by atoms with Crippen molar-refractivity contribution in [3.05, 3.63) is 101 Å². The molecular formula is C29H33ClFN3O4S. The molecule has 0 saturated heterocycles. The lowest BCUT2D eigenvalue weighted by Gasteiger charge is -2.35. The number of nitrogens with zero attached hydrogens (tertiary/aromatic N) is 2. The van der Waals surface area contributed by atoms with Gasteiger partial charge in [-0.2, -0.15) is 0 Å². The van der Waals surface area contributed by atoms with E-state index in [4.69, 9.17) is 11.6 Å². The Hall–Kier alpha value is -3.43. The molecule has 39 heavy (non-hydrogen) atoms. The van der Waals surface area contributed by atoms with Gasteiger partial charge in [-0.3, -0.25) is 13.9 Å². The molecule has 3 aromatic rings. The van der Waals surface area contributed by atoms with E-state index < -0.39 is 39.9 Å². The Morgan fingerprint density at radius 2 is 1.59 bits per heavy atom. The van der Waals surface area contributed by atoms with Gasteiger partial charge in [0.2, 0.25) is 21.8 Å². The third kappa shape index (κ3) is 9.07. The van der Waals surface area contributed by atoms with Crippen LogP contribution in [0.3, 0.4) is 0 Å². The molecule has 0 aliphatic rings. The molecule has 3 rings (SSSR count). The number of hydrogen-bond donors (Lipinski definition) is 1. The Bertz CT molecular complexity index is 1390. The monoisotopic (exact) mass is 573 g/mol. The molecule has 0 unspecified atom stereocenters. The van der Waals surface area contributed by atoms with Crippen LogP contribution < -0.4 is 9.62 Å². The largest absolute Gasteiger partial charge is 0.350 e. The first-order chi connectivity index (χ1) is 18.2. The van der Waals surface area contributed by atoms with Crippen LogP contribution in [0.4, 0.5) is 10.1 Å². The van der Waals surface area contributed by atoms with Crippen LogP contribution in [-0.2, 0) is 32.6 Å². The Morgan fingerprint density at radius 1 is 0.949 bits per heavy atom. The van der Waals surface area contributed by atoms with E-state index in [1.165, 1.54) is 23.1 Å². The van der Waals surface area contributed by atoms with Crippen LogP contribution in [0.25, 0.3) is 0 Å². The lowest BCUT2D eigenvalue weighted by atomic mass is 10.0. The Labute approximate surface area is 234 Å². The number of benzene rings is 3. The molecule has 1 atom stereocenters. The number of carbonyl (C=O) groups excluding carboxylic acids is 2. The predicted molar refractivity (Wildman–Crippen MR) is 152 cm³/mol. The molecule has 0 aromatic heterocycles. The summed E-state index contributed by atoms with van der Waals surface area (Å²) in [5, 5.41) is 3.47. The van der Waals surface area contributed by atoms with Crippen molar-refractivity contribution in [2.75, 3.05) is 17.1 Å². The van der Waals surface area contributed by atoms with E-state index in [0.29, 0.717) is 10.6 Å². The maximum Gasteiger partial charge on any atom is 0.244 e. The van der Waals surface area contributed by atoms with Crippen molar-refractivity contribution < 1.29 is 22.4 Å². The minimum absolute atomic E-state index is 0.0102. The van der Waals surface area contributed by atoms with Crippen molar-refractivity contribution in [1.82, 2.24) is 10.2 Å². The number of rotatable bonds is 10. The highest BCUT2D eigenvalue weighted by Crippen LogP contribution is 2.22. The fourth-order valence-corrected chi connectivity index (χ4v) is 5.01. The van der Waals surface area contributed by atoms with Crippen molar-refractivity contribution in [2.45, 2.75) is 45.3 Å². The van der Waals surface area contributed by atoms with Crippen LogP contribution in [0, 0.1) is 5.82 Å². The second-order valence-corrected chi connectivity index (χ2v) is 12.7. The van der Waals surface area contributed by atoms with Gasteiger partial charge in [-0.05, 0) is 62.2 Å². The minimum Gasteiger partial charge on any atom is -0.350 e. The maximum absolute atomic E-state index is 14.0. The molecule has 10 heteroatoms. The van der Waals surface area contributed by atoms with Crippen molar-refractivity contribution in [2.24, 2.45) is 0 Å². The summed E-state index contributed by atoms with van der Waals surface area (Å²) in [5.41, 5.74) is 0.953. The van der Waals surface area contributed by atoms with Gasteiger partial charge in [-0.15, -0.1) is 0 Å². The summed E-state index contributed by atoms with van der Waals surface area (Å²) in [7, 11) is -3.97. The third-order valence-corrected chi connectivity index (χ3v) is 7.20. The zero-order valence-corrected chi connectivity index (χ0v) is 24.0. The van der Waals surface area contributed by atoms with Gasteiger partial charge in [0, 0.05) is 23.5 Å². The summed E-state index contributed by atoms with van der Waals surface area (Å²) in [5.74, 6) is -1.65. The smallest absolute Gasteiger partial charge is 0.244 e. The molecule has 0 fully saturated rings. The molecule has 7 nitrogen and oxygen atoms in total. The van der Waals surface area contributed by atoms with E-state index in [0.717, 1.165) is 22.2 Å². The molecule has 3 aromatic carbocycles. The third-order valence-electron chi connectivity index (χ3n) is 5.81. The first-order valence-corrected chi connectivity index (χ1v) is 14.6. The lowest BCUT2D eigenvalue weighted by Crippen LogP contribution is -2.56. The molecule has 0 spiro atoms. The standard InChI is InChI=1S/C29H33ClFN3O4S/c1-29(2,3)32-28(36)26(17-21-9-6-5-7-10-21)33(19-22-13-15-23(30)16-14-22)27(35)20-34(39(4,37)38)25-12-8-11-24(31)18-25/h5-16,18,26H,17,19-20H2,1-4H3,(H,32,36)/t26-/m0/s1. The van der Waals surface area contributed by atoms with Crippen LogP contribution in [0.2, 0.25) is 5.02 Å². The van der Waals surface area contributed by atoms with Gasteiger partial charge >= 0.3 is 0 Å². The number of amides is 2. The lowest BCUT2D eigenvalue weighted by molar-refractivity contribution is -0.140. The highest BCUT2D eigenvalue weighted by atomic mass is 35.5. The molecule has 208 valence electrons. The average molecular weight is 574 g/mol. The predicted octanol–water partition coefficient (Wildman–Crippen LogP) is 4.80. The van der Waals surface area contributed by atoms with Gasteiger partial charge in [0.05, 0.1) is 11.9 Å². The molecule has 1 N–H and O–H groups in total. The van der Waals surface area contributed by atoms with Crippen molar-refractivity contribution in [3.8, 4) is 0 Å². The van der Waals surface area contributed by atoms with Gasteiger partial charge in [0.25, 0.3) is 0 Å². The summed E-state index contributed by atoms with van der Waals surface area (Å²) in [6.45, 7) is 4.91. The zero-order valence-electron chi connectivity index (χ0n) is 22.4. The van der Waals surface area contributed by atoms with E-state index in [1.807, 2.05) is 51.1 Å². The normalized spacial score (nSPS) is 12.5. The highest BCUT2D eigenvalue weighted by Gasteiger charge is 2.34. The van der Waals surface area contributed by atoms with Crippen LogP contribution in [-0.4, -0.2) is 49.5 Å². The van der Waals surface area contributed by atoms with Crippen LogP contribution >= 0.6 is 11.6 Å². The summed E-state index contributed by atoms with van der Waals surface area (Å²) in [6, 6.07) is 20.1. The number of nitrogens with one attached hydrogen (secondary N) is 1. The highest BCUT2D eigenvalue weighted by molar-refractivity contribution is 7.92. The van der Waals surface area contributed by atoms with Gasteiger partial charge < -0.3 is 10.2 Å². The number of halogens is 2. The Balaban J connectivity index is 2.07. The van der Waals surface area contributed by atoms with E-state index >= 15 is 0 Å². The Morgan fingerprint density at radius 3 is 2.15 bits per heavy atom. The zero-order chi connectivity index (χ0) is 28.8. The van der Waals surface area contributed by atoms with Crippen LogP contribution in [0.15, 0.2) is 78.9 Å². The molecular weight excluding hydrogens is 541 g/mol. The molecule has 0 bridgehead atoms. The summed E-state index contributed by atoms with van der Waals surface area (Å²) in [4.78, 5) is 29.0. The van der Waals surface area contributed by atoms with E-state index in [1.54, 1.807) is 24.3 Å². The molecule has 0 aliphatic heterocycles. The minimum atomic E-state index is -3.97. The number of anilines is 1. The molecule has 0 radical (unpaired) electrons. The Kier molecular flexibility index (Phi) is 9.74. The second-order valence-electron chi connectivity index (χ2n) is 10.3. The van der Waals surface area contributed by atoms with Crippen molar-refractivity contribution in [3.63, 3.8) is 0 Å². The fourth-order valence-electron chi connectivity index (χ4n) is 4.04. The van der Waals surface area contributed by atoms with Gasteiger partial charge in [-0.1, -0.05) is 60.1 Å². The first kappa shape index (κ1) is 30.1. The fraction of sp³-hybridized carbons (Fsp3) is 0.310. The molecule has 0 heterocycles. The van der Waals surface area contributed by atoms with Crippen molar-refractivity contribution in [1.29, 1.82) is 0 Å². The number of hydrogen-bond acceptors (Lipinski definition) is 4. The SMILES string of the molecule is CC(C)(C)NC(=O)[C@H](Cc1ccccc1)N(Cc1ccc(Cl)cc1)C(=O)CN(c1cccc(F)c1)S(C)(=O)=O. The molecule has 0 aliphatic carbocycles. The van der Waals surface area contributed by atoms with Gasteiger partial charge in [0.1, 0.15) is 18.4 Å². The van der Waals surface area contributed by atoms with Crippen LogP contribution in [0.5, 0.6) is 0 Å². The number of carbonyl (C=O) groups is 2. The number of sulfonamides is 1. The van der Waals surface area contributed by atoms with E-state index in [-0.39, 0.29) is 24.6 Å². The summed E-state index contributed by atoms with van der Waals surface area (Å²) >= 11 is 6.05. The first-order valence-electron chi connectivity index (χ1n) is 12.4. The van der Waals surface area contributed by atoms with E-state index in [9.17, 15) is 22.4 Å². The maximum atomic E-state index is 14.0. The summed E-state index contributed by atoms with van der Waals surface area (Å²) < 4.78 is 40.3. The van der Waals surface area contributed by atoms with Gasteiger partial charge in [0.15, 0.2) is 0 Å². The van der Waals surface area contributed by atoms with E-state index in [2.05, 4.69) is 5.32 Å². The quantitative estimate of drug-likeness (QED) is 0.377. The second kappa shape index (κ2) is 12.6. The molecule has 0 saturated carbocycles. The average Bonchev–Trinajstić information content (AvgIpc) is 2.84. The van der Waals surface area contributed by atoms with Crippen LogP contribution in [0.1, 0.15) is 31.9 Å². The van der Waals surface area contributed by atoms with Gasteiger partial charge in [-0.25, -0.2) is 12.8 Å². The summed E-state index contributed by atoms with van der Waals surface area (Å²) in [6.07, 6.45) is 1.14.